The number of aromatic hydroxyl groups is 4. The first-order valence-electron chi connectivity index (χ1n) is 13.6. The molecule has 4 aromatic carbocycles. The minimum Gasteiger partial charge on any atom is -0.508 e. The van der Waals surface area contributed by atoms with E-state index in [0.717, 1.165) is 11.1 Å². The van der Waals surface area contributed by atoms with Crippen LogP contribution in [0.2, 0.25) is 0 Å². The number of hydrogen-bond acceptors (Lipinski definition) is 7. The summed E-state index contributed by atoms with van der Waals surface area (Å²) >= 11 is 0. The van der Waals surface area contributed by atoms with Crippen molar-refractivity contribution < 1.29 is 35.1 Å². The number of hydrogen-bond donors (Lipinski definition) is 5. The third kappa shape index (κ3) is 7.59. The lowest BCUT2D eigenvalue weighted by Crippen LogP contribution is -2.08. The quantitative estimate of drug-likeness (QED) is 0.0754. The van der Waals surface area contributed by atoms with Crippen LogP contribution < -0.4 is 4.74 Å². The fraction of sp³-hybridized carbons (Fsp3) is 0.171. The van der Waals surface area contributed by atoms with Gasteiger partial charge in [0.15, 0.2) is 5.78 Å². The van der Waals surface area contributed by atoms with Crippen molar-refractivity contribution in [2.45, 2.75) is 31.3 Å². The van der Waals surface area contributed by atoms with Crippen molar-refractivity contribution in [3.05, 3.63) is 131 Å². The molecular formula is C35H34O7. The van der Waals surface area contributed by atoms with Gasteiger partial charge >= 0.3 is 0 Å². The van der Waals surface area contributed by atoms with Crippen molar-refractivity contribution >= 4 is 11.9 Å². The Morgan fingerprint density at radius 1 is 0.881 bits per heavy atom. The number of phenolic OH excluding ortho intramolecular Hbond substituents is 4. The number of rotatable bonds is 12. The maximum atomic E-state index is 13.3. The van der Waals surface area contributed by atoms with E-state index >= 15 is 0 Å². The Hall–Kier alpha value is -5.01. The normalized spacial score (nSPS) is 12.9. The molecule has 0 aliphatic carbocycles. The Bertz CT molecular complexity index is 1540. The summed E-state index contributed by atoms with van der Waals surface area (Å²) in [6.07, 6.45) is 7.23. The molecule has 2 atom stereocenters. The number of ketones is 1. The van der Waals surface area contributed by atoms with E-state index in [0.29, 0.717) is 24.8 Å². The van der Waals surface area contributed by atoms with Crippen molar-refractivity contribution in [2.75, 3.05) is 7.11 Å². The summed E-state index contributed by atoms with van der Waals surface area (Å²) in [4.78, 5) is 13.3. The van der Waals surface area contributed by atoms with Gasteiger partial charge in [0, 0.05) is 17.5 Å². The Labute approximate surface area is 244 Å². The highest BCUT2D eigenvalue weighted by Gasteiger charge is 2.27. The first-order chi connectivity index (χ1) is 20.3. The van der Waals surface area contributed by atoms with Gasteiger partial charge in [-0.1, -0.05) is 72.8 Å². The molecule has 0 aromatic heterocycles. The average molecular weight is 567 g/mol. The number of aryl methyl sites for hydroxylation is 1. The molecule has 0 heterocycles. The van der Waals surface area contributed by atoms with Crippen LogP contribution >= 0.6 is 0 Å². The van der Waals surface area contributed by atoms with Gasteiger partial charge in [0.2, 0.25) is 0 Å². The van der Waals surface area contributed by atoms with E-state index in [1.165, 1.54) is 31.4 Å². The molecule has 0 bridgehead atoms. The predicted molar refractivity (Wildman–Crippen MR) is 162 cm³/mol. The van der Waals surface area contributed by atoms with E-state index < -0.39 is 23.6 Å². The average Bonchev–Trinajstić information content (AvgIpc) is 2.99. The van der Waals surface area contributed by atoms with E-state index in [4.69, 9.17) is 4.74 Å². The smallest absolute Gasteiger partial charge is 0.193 e. The number of methoxy groups -OCH3 is 1. The molecular weight excluding hydrogens is 532 g/mol. The second-order valence-electron chi connectivity index (χ2n) is 9.94. The number of benzene rings is 4. The van der Waals surface area contributed by atoms with Crippen LogP contribution in [0.25, 0.3) is 6.08 Å². The summed E-state index contributed by atoms with van der Waals surface area (Å²) < 4.78 is 5.35. The van der Waals surface area contributed by atoms with Crippen molar-refractivity contribution in [1.29, 1.82) is 0 Å². The van der Waals surface area contributed by atoms with Crippen molar-refractivity contribution in [3.8, 4) is 28.7 Å². The standard InChI is InChI=1S/C35H34O7/c1-42-32-22-31(40)33(35(41)34(32)30(39)21-13-23-6-3-2-4-7-23)29(25-14-19-28(38)20-15-25)9-5-8-26(36)16-10-24-11-17-27(37)18-12-24/h2-7,9,11-15,17-22,26,29,36-38,40-41H,8,10,16H2,1H3. The molecule has 42 heavy (non-hydrogen) atoms. The minimum atomic E-state index is -0.717. The zero-order valence-electron chi connectivity index (χ0n) is 23.2. The summed E-state index contributed by atoms with van der Waals surface area (Å²) in [5, 5.41) is 52.4. The van der Waals surface area contributed by atoms with E-state index in [-0.39, 0.29) is 34.1 Å². The van der Waals surface area contributed by atoms with Crippen LogP contribution in [0, 0.1) is 0 Å². The van der Waals surface area contributed by atoms with Crippen LogP contribution in [0.4, 0.5) is 0 Å². The maximum Gasteiger partial charge on any atom is 0.193 e. The third-order valence-corrected chi connectivity index (χ3v) is 6.98. The first-order valence-corrected chi connectivity index (χ1v) is 13.6. The zero-order chi connectivity index (χ0) is 30.1. The lowest BCUT2D eigenvalue weighted by atomic mass is 9.86. The molecule has 0 spiro atoms. The molecule has 2 unspecified atom stereocenters. The topological polar surface area (TPSA) is 127 Å². The number of carbonyl (C=O) groups excluding carboxylic acids is 1. The van der Waals surface area contributed by atoms with Crippen molar-refractivity contribution in [3.63, 3.8) is 0 Å². The lowest BCUT2D eigenvalue weighted by molar-refractivity contribution is 0.104. The Morgan fingerprint density at radius 2 is 1.52 bits per heavy atom. The van der Waals surface area contributed by atoms with E-state index in [2.05, 4.69) is 0 Å². The molecule has 7 nitrogen and oxygen atoms in total. The van der Waals surface area contributed by atoms with Crippen molar-refractivity contribution in [1.82, 2.24) is 0 Å². The van der Waals surface area contributed by atoms with Crippen LogP contribution in [0.3, 0.4) is 0 Å². The third-order valence-electron chi connectivity index (χ3n) is 6.98. The molecule has 0 saturated carbocycles. The minimum absolute atomic E-state index is 0.0227. The van der Waals surface area contributed by atoms with Crippen LogP contribution in [0.5, 0.6) is 28.7 Å². The SMILES string of the molecule is COc1cc(O)c(C(C=CCC(O)CCc2ccc(O)cc2)c2ccc(O)cc2)c(O)c1C(=O)C=Cc1ccccc1. The summed E-state index contributed by atoms with van der Waals surface area (Å²) in [7, 11) is 1.35. The number of aliphatic hydroxyl groups is 1. The van der Waals surface area contributed by atoms with E-state index in [9.17, 15) is 30.3 Å². The number of allylic oxidation sites excluding steroid dienone is 2. The fourth-order valence-electron chi connectivity index (χ4n) is 4.71. The molecule has 4 aromatic rings. The molecule has 5 N–H and O–H groups in total. The summed E-state index contributed by atoms with van der Waals surface area (Å²) in [5.74, 6) is -1.66. The molecule has 216 valence electrons. The van der Waals surface area contributed by atoms with E-state index in [1.807, 2.05) is 42.5 Å². The highest BCUT2D eigenvalue weighted by molar-refractivity contribution is 6.11. The Kier molecular flexibility index (Phi) is 10.0. The van der Waals surface area contributed by atoms with Gasteiger partial charge in [-0.25, -0.2) is 0 Å². The zero-order valence-corrected chi connectivity index (χ0v) is 23.2. The summed E-state index contributed by atoms with van der Waals surface area (Å²) in [5.41, 5.74) is 2.43. The van der Waals surface area contributed by atoms with Crippen LogP contribution in [-0.2, 0) is 6.42 Å². The maximum absolute atomic E-state index is 13.3. The van der Waals surface area contributed by atoms with Gasteiger partial charge in [-0.3, -0.25) is 4.79 Å². The van der Waals surface area contributed by atoms with Gasteiger partial charge in [0.1, 0.15) is 34.3 Å². The molecule has 7 heteroatoms. The summed E-state index contributed by atoms with van der Waals surface area (Å²) in [6, 6.07) is 23.7. The van der Waals surface area contributed by atoms with Gasteiger partial charge in [-0.15, -0.1) is 0 Å². The van der Waals surface area contributed by atoms with Crippen molar-refractivity contribution in [2.24, 2.45) is 0 Å². The lowest BCUT2D eigenvalue weighted by Gasteiger charge is -2.20. The van der Waals surface area contributed by atoms with Gasteiger partial charge in [0.05, 0.1) is 13.2 Å². The number of aliphatic hydroxyl groups excluding tert-OH is 1. The molecule has 0 amide bonds. The fourth-order valence-corrected chi connectivity index (χ4v) is 4.71. The van der Waals surface area contributed by atoms with Crippen LogP contribution in [0.15, 0.2) is 103 Å². The number of ether oxygens (including phenoxy) is 1. The highest BCUT2D eigenvalue weighted by Crippen LogP contribution is 2.45. The monoisotopic (exact) mass is 566 g/mol. The second kappa shape index (κ2) is 14.1. The van der Waals surface area contributed by atoms with Gasteiger partial charge in [0.25, 0.3) is 0 Å². The summed E-state index contributed by atoms with van der Waals surface area (Å²) in [6.45, 7) is 0. The Balaban J connectivity index is 1.64. The van der Waals surface area contributed by atoms with Gasteiger partial charge in [-0.05, 0) is 66.3 Å². The molecule has 0 aliphatic heterocycles. The van der Waals surface area contributed by atoms with E-state index in [1.54, 1.807) is 42.5 Å². The van der Waals surface area contributed by atoms with Crippen LogP contribution in [0.1, 0.15) is 51.4 Å². The Morgan fingerprint density at radius 3 is 2.17 bits per heavy atom. The number of phenols is 4. The van der Waals surface area contributed by atoms with Gasteiger partial charge in [-0.2, -0.15) is 0 Å². The molecule has 0 radical (unpaired) electrons. The predicted octanol–water partition coefficient (Wildman–Crippen LogP) is 6.49. The van der Waals surface area contributed by atoms with Crippen LogP contribution in [-0.4, -0.2) is 44.5 Å². The largest absolute Gasteiger partial charge is 0.508 e. The number of carbonyl (C=O) groups is 1. The molecule has 4 rings (SSSR count). The highest BCUT2D eigenvalue weighted by atomic mass is 16.5. The molecule has 0 aliphatic rings. The first kappa shape index (κ1) is 30.0. The van der Waals surface area contributed by atoms with Gasteiger partial charge < -0.3 is 30.3 Å². The second-order valence-corrected chi connectivity index (χ2v) is 9.94. The molecule has 0 fully saturated rings. The molecule has 0 saturated heterocycles.